The van der Waals surface area contributed by atoms with Gasteiger partial charge in [-0.2, -0.15) is 0 Å². The van der Waals surface area contributed by atoms with E-state index < -0.39 is 161 Å². The Hall–Kier alpha value is -6.39. The van der Waals surface area contributed by atoms with Gasteiger partial charge in [0.05, 0.1) is 27.4 Å². The molecule has 0 atom stereocenters. The van der Waals surface area contributed by atoms with Gasteiger partial charge in [-0.25, -0.2) is 15.0 Å². The van der Waals surface area contributed by atoms with E-state index in [0.29, 0.717) is 0 Å². The van der Waals surface area contributed by atoms with Gasteiger partial charge < -0.3 is 4.42 Å². The molecule has 0 radical (unpaired) electrons. The van der Waals surface area contributed by atoms with Crippen LogP contribution in [-0.4, -0.2) is 15.0 Å². The molecule has 4 nitrogen and oxygen atoms in total. The SMILES string of the molecule is [2H]c1cc(-c2nc(-c3c([2H])c([2H])c([2H])c(-c4cc([2H])c5c([2H])c([2H])c([2H])c([2H])c5c4)c3[2H])nc(-c3c([2H])c([2H])c4oc5ccccc5c4c3-c3c([2H])c([2H])c([2H])c([2H])c3[2H])n2)c([2H])c([2H])c1[2H]. The van der Waals surface area contributed by atoms with Crippen LogP contribution in [0.25, 0.3) is 89.1 Å². The fourth-order valence-electron chi connectivity index (χ4n) is 5.24. The first-order valence-electron chi connectivity index (χ1n) is 24.1. The van der Waals surface area contributed by atoms with Crippen molar-refractivity contribution in [3.63, 3.8) is 0 Å². The van der Waals surface area contributed by atoms with Gasteiger partial charge in [-0.15, -0.1) is 0 Å². The highest BCUT2D eigenvalue weighted by Gasteiger charge is 2.21. The zero-order chi connectivity index (χ0) is 48.6. The Bertz CT molecular complexity index is 3690. The summed E-state index contributed by atoms with van der Waals surface area (Å²) in [6.07, 6.45) is 0. The Morgan fingerprint density at radius 3 is 2.06 bits per heavy atom. The predicted octanol–water partition coefficient (Wildman–Crippen LogP) is 11.3. The molecule has 0 fully saturated rings. The van der Waals surface area contributed by atoms with Gasteiger partial charge in [-0.1, -0.05) is 133 Å². The normalized spacial score (nSPS) is 17.4. The molecule has 9 rings (SSSR count). The van der Waals surface area contributed by atoms with Crippen LogP contribution in [0.2, 0.25) is 0 Å². The molecule has 0 saturated heterocycles. The zero-order valence-electron chi connectivity index (χ0n) is 43.8. The molecule has 0 saturated carbocycles. The third kappa shape index (κ3) is 4.84. The summed E-state index contributed by atoms with van der Waals surface area (Å²) in [5, 5.41) is -0.0129. The summed E-state index contributed by atoms with van der Waals surface area (Å²) in [4.78, 5) is 13.6. The molecule has 0 bridgehead atoms. The molecule has 2 aromatic heterocycles. The van der Waals surface area contributed by atoms with E-state index >= 15 is 0 Å². The van der Waals surface area contributed by atoms with Crippen LogP contribution >= 0.6 is 0 Å². The second kappa shape index (κ2) is 11.2. The Labute approximate surface area is 299 Å². The molecule has 2 heterocycles. The molecule has 7 aromatic carbocycles. The molecule has 0 aliphatic carbocycles. The van der Waals surface area contributed by atoms with Crippen molar-refractivity contribution in [1.82, 2.24) is 15.0 Å². The van der Waals surface area contributed by atoms with E-state index in [1.54, 1.807) is 24.3 Å². The third-order valence-corrected chi connectivity index (χ3v) is 7.32. The minimum absolute atomic E-state index is 0.00685. The number of hydrogen-bond donors (Lipinski definition) is 0. The summed E-state index contributed by atoms with van der Waals surface area (Å²) >= 11 is 0. The van der Waals surface area contributed by atoms with E-state index in [1.807, 2.05) is 0 Å². The summed E-state index contributed by atoms with van der Waals surface area (Å²) < 4.78 is 181. The molecular weight excluding hydrogens is 574 g/mol. The number of hydrogen-bond acceptors (Lipinski definition) is 4. The average molecular weight is 622 g/mol. The van der Waals surface area contributed by atoms with Crippen molar-refractivity contribution >= 4 is 32.7 Å². The van der Waals surface area contributed by atoms with Crippen LogP contribution in [-0.2, 0) is 0 Å². The number of aromatic nitrogens is 3. The minimum atomic E-state index is -0.806. The molecular formula is C43H27N3O. The Morgan fingerprint density at radius 1 is 0.468 bits per heavy atom. The number of furan rings is 1. The van der Waals surface area contributed by atoms with Crippen molar-refractivity contribution in [1.29, 1.82) is 0 Å². The molecule has 0 unspecified atom stereocenters. The van der Waals surface area contributed by atoms with Crippen LogP contribution < -0.4 is 0 Å². The van der Waals surface area contributed by atoms with E-state index in [1.165, 1.54) is 6.07 Å². The van der Waals surface area contributed by atoms with Crippen LogP contribution in [0.4, 0.5) is 0 Å². The largest absolute Gasteiger partial charge is 0.456 e. The third-order valence-electron chi connectivity index (χ3n) is 7.32. The van der Waals surface area contributed by atoms with Crippen molar-refractivity contribution in [2.75, 3.05) is 0 Å². The van der Waals surface area contributed by atoms with E-state index in [9.17, 15) is 4.11 Å². The monoisotopic (exact) mass is 621 g/mol. The van der Waals surface area contributed by atoms with Gasteiger partial charge in [0.15, 0.2) is 17.5 Å². The lowest BCUT2D eigenvalue weighted by molar-refractivity contribution is 0.669. The van der Waals surface area contributed by atoms with Gasteiger partial charge in [0.2, 0.25) is 0 Å². The van der Waals surface area contributed by atoms with Crippen LogP contribution in [0, 0.1) is 0 Å². The highest BCUT2D eigenvalue weighted by molar-refractivity contribution is 6.15. The predicted molar refractivity (Wildman–Crippen MR) is 192 cm³/mol. The van der Waals surface area contributed by atoms with Crippen molar-refractivity contribution in [2.24, 2.45) is 0 Å². The quantitative estimate of drug-likeness (QED) is 0.192. The maximum Gasteiger partial charge on any atom is 0.164 e. The van der Waals surface area contributed by atoms with Gasteiger partial charge in [0, 0.05) is 33.0 Å². The van der Waals surface area contributed by atoms with E-state index in [0.717, 1.165) is 12.1 Å². The zero-order valence-corrected chi connectivity index (χ0v) is 23.8. The first kappa shape index (κ1) is 13.5. The Morgan fingerprint density at radius 2 is 1.17 bits per heavy atom. The minimum Gasteiger partial charge on any atom is -0.456 e. The number of benzene rings is 7. The Balaban J connectivity index is 1.46. The highest BCUT2D eigenvalue weighted by Crippen LogP contribution is 2.42. The summed E-state index contributed by atoms with van der Waals surface area (Å²) in [5.41, 5.74) is -2.70. The number of nitrogens with zero attached hydrogens (tertiary/aromatic N) is 3. The lowest BCUT2D eigenvalue weighted by Crippen LogP contribution is -2.01. The molecule has 0 spiro atoms. The fraction of sp³-hybridized carbons (Fsp3) is 0. The molecule has 9 aromatic rings. The van der Waals surface area contributed by atoms with Crippen LogP contribution in [0.3, 0.4) is 0 Å². The summed E-state index contributed by atoms with van der Waals surface area (Å²) in [7, 11) is 0. The van der Waals surface area contributed by atoms with E-state index in [2.05, 4.69) is 15.0 Å². The van der Waals surface area contributed by atoms with Crippen LogP contribution in [0.15, 0.2) is 168 Å². The van der Waals surface area contributed by atoms with Gasteiger partial charge in [-0.3, -0.25) is 0 Å². The van der Waals surface area contributed by atoms with Crippen LogP contribution in [0.1, 0.15) is 27.4 Å². The maximum absolute atomic E-state index is 9.55. The standard InChI is InChI=1S/C43H27N3O/c1-3-13-29(14-4-1)39-36(24-25-38-40(39)35-20-9-10-21-37(35)47-38)43-45-41(30-15-5-2-6-16-30)44-42(46-43)34-19-11-18-32(27-34)33-23-22-28-12-7-8-17-31(28)26-33/h1-27H/i1D,2D,3D,4D,5D,6D,7D,8D,11D,12D,13D,14D,15D,17D,18D,19D,22D,24D,25D,27D. The van der Waals surface area contributed by atoms with E-state index in [-0.39, 0.29) is 49.4 Å². The van der Waals surface area contributed by atoms with Crippen molar-refractivity contribution in [3.8, 4) is 56.4 Å². The molecule has 0 aliphatic rings. The molecule has 0 aliphatic heterocycles. The van der Waals surface area contributed by atoms with Crippen LogP contribution in [0.5, 0.6) is 0 Å². The molecule has 47 heavy (non-hydrogen) atoms. The second-order valence-corrected chi connectivity index (χ2v) is 10.1. The average Bonchev–Trinajstić information content (AvgIpc) is 3.70. The lowest BCUT2D eigenvalue weighted by atomic mass is 9.94. The van der Waals surface area contributed by atoms with Gasteiger partial charge in [0.25, 0.3) is 0 Å². The molecule has 0 N–H and O–H groups in total. The number of rotatable bonds is 5. The summed E-state index contributed by atoms with van der Waals surface area (Å²) in [6.45, 7) is 0. The summed E-state index contributed by atoms with van der Waals surface area (Å²) in [5.74, 6) is -1.82. The van der Waals surface area contributed by atoms with Gasteiger partial charge in [-0.05, 0) is 57.7 Å². The van der Waals surface area contributed by atoms with Gasteiger partial charge in [0.1, 0.15) is 11.2 Å². The highest BCUT2D eigenvalue weighted by atomic mass is 16.3. The number of fused-ring (bicyclic) bond motifs is 4. The Kier molecular flexibility index (Phi) is 3.23. The topological polar surface area (TPSA) is 51.8 Å². The first-order valence-corrected chi connectivity index (χ1v) is 14.1. The molecule has 0 amide bonds. The summed E-state index contributed by atoms with van der Waals surface area (Å²) in [6, 6.07) is -3.50. The second-order valence-electron chi connectivity index (χ2n) is 10.1. The fourth-order valence-corrected chi connectivity index (χ4v) is 5.24. The van der Waals surface area contributed by atoms with Crippen molar-refractivity contribution < 1.29 is 31.8 Å². The van der Waals surface area contributed by atoms with E-state index in [4.69, 9.17) is 27.7 Å². The first-order chi connectivity index (χ1) is 31.6. The number of para-hydroxylation sites is 1. The smallest absolute Gasteiger partial charge is 0.164 e. The van der Waals surface area contributed by atoms with Crippen molar-refractivity contribution in [3.05, 3.63) is 163 Å². The molecule has 220 valence electrons. The molecule has 4 heteroatoms. The lowest BCUT2D eigenvalue weighted by Gasteiger charge is -2.14. The van der Waals surface area contributed by atoms with Gasteiger partial charge >= 0.3 is 0 Å². The van der Waals surface area contributed by atoms with Crippen molar-refractivity contribution in [2.45, 2.75) is 0 Å². The maximum atomic E-state index is 9.55.